The van der Waals surface area contributed by atoms with Crippen molar-refractivity contribution in [2.24, 2.45) is 5.92 Å². The van der Waals surface area contributed by atoms with Gasteiger partial charge in [-0.1, -0.05) is 6.92 Å². The van der Waals surface area contributed by atoms with Crippen LogP contribution in [-0.4, -0.2) is 53.2 Å². The maximum absolute atomic E-state index is 12.2. The molecule has 2 fully saturated rings. The SMILES string of the molecule is CC1CCN(C(=O)N2CCC[C@@H]2CO)CC1. The number of urea groups is 1. The summed E-state index contributed by atoms with van der Waals surface area (Å²) in [4.78, 5) is 16.0. The molecule has 2 saturated heterocycles. The molecule has 0 aromatic rings. The van der Waals surface area contributed by atoms with Crippen molar-refractivity contribution in [1.29, 1.82) is 0 Å². The average Bonchev–Trinajstić information content (AvgIpc) is 2.77. The van der Waals surface area contributed by atoms with Crippen LogP contribution in [0.2, 0.25) is 0 Å². The molecule has 0 saturated carbocycles. The normalized spacial score (nSPS) is 27.5. The van der Waals surface area contributed by atoms with Crippen LogP contribution in [0.25, 0.3) is 0 Å². The summed E-state index contributed by atoms with van der Waals surface area (Å²) in [6.07, 6.45) is 4.21. The van der Waals surface area contributed by atoms with Crippen LogP contribution in [0.5, 0.6) is 0 Å². The summed E-state index contributed by atoms with van der Waals surface area (Å²) in [5, 5.41) is 9.21. The lowest BCUT2D eigenvalue weighted by Gasteiger charge is -2.35. The van der Waals surface area contributed by atoms with Gasteiger partial charge in [0.15, 0.2) is 0 Å². The van der Waals surface area contributed by atoms with Gasteiger partial charge in [0, 0.05) is 19.6 Å². The minimum atomic E-state index is 0.0619. The Morgan fingerprint density at radius 3 is 2.56 bits per heavy atom. The van der Waals surface area contributed by atoms with E-state index in [1.165, 1.54) is 0 Å². The highest BCUT2D eigenvalue weighted by Gasteiger charge is 2.32. The lowest BCUT2D eigenvalue weighted by Crippen LogP contribution is -2.49. The number of rotatable bonds is 1. The zero-order valence-corrected chi connectivity index (χ0v) is 10.1. The number of nitrogens with zero attached hydrogens (tertiary/aromatic N) is 2. The Morgan fingerprint density at radius 2 is 1.94 bits per heavy atom. The second-order valence-electron chi connectivity index (χ2n) is 5.12. The van der Waals surface area contributed by atoms with E-state index in [1.54, 1.807) is 0 Å². The predicted molar refractivity (Wildman–Crippen MR) is 62.2 cm³/mol. The van der Waals surface area contributed by atoms with Gasteiger partial charge in [-0.25, -0.2) is 4.79 Å². The lowest BCUT2D eigenvalue weighted by atomic mass is 9.99. The highest BCUT2D eigenvalue weighted by atomic mass is 16.3. The van der Waals surface area contributed by atoms with Crippen LogP contribution in [0.1, 0.15) is 32.6 Å². The van der Waals surface area contributed by atoms with Gasteiger partial charge in [0.1, 0.15) is 0 Å². The zero-order chi connectivity index (χ0) is 11.5. The maximum atomic E-state index is 12.2. The fourth-order valence-corrected chi connectivity index (χ4v) is 2.66. The molecule has 0 aromatic carbocycles. The van der Waals surface area contributed by atoms with Crippen molar-refractivity contribution in [3.8, 4) is 0 Å². The van der Waals surface area contributed by atoms with Crippen molar-refractivity contribution in [2.75, 3.05) is 26.2 Å². The van der Waals surface area contributed by atoms with Crippen molar-refractivity contribution < 1.29 is 9.90 Å². The molecule has 1 atom stereocenters. The van der Waals surface area contributed by atoms with Crippen LogP contribution in [0, 0.1) is 5.92 Å². The molecule has 0 unspecified atom stereocenters. The smallest absolute Gasteiger partial charge is 0.320 e. The number of piperidine rings is 1. The van der Waals surface area contributed by atoms with E-state index in [0.717, 1.165) is 51.2 Å². The van der Waals surface area contributed by atoms with Crippen LogP contribution in [0.15, 0.2) is 0 Å². The molecule has 0 bridgehead atoms. The van der Waals surface area contributed by atoms with E-state index >= 15 is 0 Å². The largest absolute Gasteiger partial charge is 0.394 e. The van der Waals surface area contributed by atoms with E-state index in [1.807, 2.05) is 9.80 Å². The van der Waals surface area contributed by atoms with Gasteiger partial charge >= 0.3 is 6.03 Å². The van der Waals surface area contributed by atoms with E-state index in [4.69, 9.17) is 0 Å². The van der Waals surface area contributed by atoms with Gasteiger partial charge in [-0.3, -0.25) is 0 Å². The van der Waals surface area contributed by atoms with E-state index in [-0.39, 0.29) is 18.7 Å². The van der Waals surface area contributed by atoms with Gasteiger partial charge in [0.2, 0.25) is 0 Å². The number of likely N-dealkylation sites (tertiary alicyclic amines) is 2. The first-order valence-electron chi connectivity index (χ1n) is 6.38. The lowest BCUT2D eigenvalue weighted by molar-refractivity contribution is 0.113. The van der Waals surface area contributed by atoms with Crippen LogP contribution >= 0.6 is 0 Å². The number of hydrogen-bond acceptors (Lipinski definition) is 2. The highest BCUT2D eigenvalue weighted by molar-refractivity contribution is 5.75. The fraction of sp³-hybridized carbons (Fsp3) is 0.917. The second-order valence-corrected chi connectivity index (χ2v) is 5.12. The third-order valence-corrected chi connectivity index (χ3v) is 3.89. The number of aliphatic hydroxyl groups is 1. The summed E-state index contributed by atoms with van der Waals surface area (Å²) in [5.41, 5.74) is 0. The van der Waals surface area contributed by atoms with Gasteiger partial charge < -0.3 is 14.9 Å². The molecule has 2 amide bonds. The summed E-state index contributed by atoms with van der Waals surface area (Å²) in [5.74, 6) is 0.747. The molecule has 2 aliphatic rings. The zero-order valence-electron chi connectivity index (χ0n) is 10.1. The van der Waals surface area contributed by atoms with Crippen molar-refractivity contribution in [3.05, 3.63) is 0 Å². The Labute approximate surface area is 97.2 Å². The summed E-state index contributed by atoms with van der Waals surface area (Å²) in [6.45, 7) is 4.93. The Kier molecular flexibility index (Phi) is 3.69. The minimum absolute atomic E-state index is 0.0619. The van der Waals surface area contributed by atoms with Gasteiger partial charge in [0.25, 0.3) is 0 Å². The van der Waals surface area contributed by atoms with E-state index < -0.39 is 0 Å². The molecular formula is C12H22N2O2. The van der Waals surface area contributed by atoms with Gasteiger partial charge in [-0.2, -0.15) is 0 Å². The predicted octanol–water partition coefficient (Wildman–Crippen LogP) is 1.30. The number of hydrogen-bond donors (Lipinski definition) is 1. The molecule has 2 heterocycles. The Balaban J connectivity index is 1.91. The van der Waals surface area contributed by atoms with Crippen LogP contribution in [-0.2, 0) is 0 Å². The number of carbonyl (C=O) groups is 1. The van der Waals surface area contributed by atoms with Crippen LogP contribution < -0.4 is 0 Å². The maximum Gasteiger partial charge on any atom is 0.320 e. The van der Waals surface area contributed by atoms with E-state index in [2.05, 4.69) is 6.92 Å². The molecule has 1 N–H and O–H groups in total. The first-order valence-corrected chi connectivity index (χ1v) is 6.38. The summed E-state index contributed by atoms with van der Waals surface area (Å²) >= 11 is 0. The number of aliphatic hydroxyl groups excluding tert-OH is 1. The molecule has 0 spiro atoms. The number of carbonyl (C=O) groups excluding carboxylic acids is 1. The van der Waals surface area contributed by atoms with Crippen molar-refractivity contribution in [3.63, 3.8) is 0 Å². The monoisotopic (exact) mass is 226 g/mol. The third kappa shape index (κ3) is 2.32. The third-order valence-electron chi connectivity index (χ3n) is 3.89. The molecule has 0 radical (unpaired) electrons. The summed E-state index contributed by atoms with van der Waals surface area (Å²) in [7, 11) is 0. The molecule has 92 valence electrons. The van der Waals surface area contributed by atoms with Crippen LogP contribution in [0.4, 0.5) is 4.79 Å². The van der Waals surface area contributed by atoms with Gasteiger partial charge in [-0.15, -0.1) is 0 Å². The first kappa shape index (κ1) is 11.7. The standard InChI is InChI=1S/C12H22N2O2/c1-10-4-7-13(8-5-10)12(16)14-6-2-3-11(14)9-15/h10-11,15H,2-9H2,1H3/t11-/m1/s1. The molecule has 2 rings (SSSR count). The van der Waals surface area contributed by atoms with E-state index in [9.17, 15) is 9.90 Å². The molecule has 4 nitrogen and oxygen atoms in total. The highest BCUT2D eigenvalue weighted by Crippen LogP contribution is 2.22. The first-order chi connectivity index (χ1) is 7.72. The summed E-state index contributed by atoms with van der Waals surface area (Å²) in [6, 6.07) is 0.204. The topological polar surface area (TPSA) is 43.8 Å². The summed E-state index contributed by atoms with van der Waals surface area (Å²) < 4.78 is 0. The van der Waals surface area contributed by atoms with Crippen molar-refractivity contribution in [1.82, 2.24) is 9.80 Å². The van der Waals surface area contributed by atoms with Crippen molar-refractivity contribution >= 4 is 6.03 Å². The van der Waals surface area contributed by atoms with Gasteiger partial charge in [-0.05, 0) is 31.6 Å². The average molecular weight is 226 g/mol. The Bertz CT molecular complexity index is 249. The molecule has 16 heavy (non-hydrogen) atoms. The van der Waals surface area contributed by atoms with Gasteiger partial charge in [0.05, 0.1) is 12.6 Å². The Morgan fingerprint density at radius 1 is 1.25 bits per heavy atom. The van der Waals surface area contributed by atoms with Crippen molar-refractivity contribution in [2.45, 2.75) is 38.6 Å². The minimum Gasteiger partial charge on any atom is -0.394 e. The molecule has 4 heteroatoms. The second kappa shape index (κ2) is 5.04. The Hall–Kier alpha value is -0.770. The molecule has 2 aliphatic heterocycles. The molecular weight excluding hydrogens is 204 g/mol. The fourth-order valence-electron chi connectivity index (χ4n) is 2.66. The van der Waals surface area contributed by atoms with E-state index in [0.29, 0.717) is 0 Å². The number of amides is 2. The van der Waals surface area contributed by atoms with Crippen LogP contribution in [0.3, 0.4) is 0 Å². The molecule has 0 aliphatic carbocycles. The molecule has 0 aromatic heterocycles. The quantitative estimate of drug-likeness (QED) is 0.732.